The van der Waals surface area contributed by atoms with Gasteiger partial charge in [0, 0.05) is 17.5 Å². The van der Waals surface area contributed by atoms with E-state index in [4.69, 9.17) is 0 Å². The molecule has 1 amide bonds. The number of carbonyl (C=O) groups is 1. The molecule has 4 heteroatoms. The van der Waals surface area contributed by atoms with Gasteiger partial charge in [0.1, 0.15) is 5.69 Å². The Bertz CT molecular complexity index is 439. The van der Waals surface area contributed by atoms with E-state index < -0.39 is 0 Å². The first-order valence-electron chi connectivity index (χ1n) is 7.00. The van der Waals surface area contributed by atoms with E-state index in [2.05, 4.69) is 9.27 Å². The molecule has 2 fully saturated rings. The second-order valence-corrected chi connectivity index (χ2v) is 6.58. The number of nitrogens with zero attached hydrogens (tertiary/aromatic N) is 2. The molecule has 0 bridgehead atoms. The van der Waals surface area contributed by atoms with Crippen LogP contribution in [0.3, 0.4) is 0 Å². The summed E-state index contributed by atoms with van der Waals surface area (Å²) >= 11 is 1.43. The van der Waals surface area contributed by atoms with E-state index in [0.29, 0.717) is 11.7 Å². The van der Waals surface area contributed by atoms with Gasteiger partial charge in [-0.15, -0.1) is 0 Å². The molecule has 2 aliphatic rings. The highest BCUT2D eigenvalue weighted by Gasteiger charge is 2.36. The average Bonchev–Trinajstić information content (AvgIpc) is 2.74. The molecule has 1 aromatic heterocycles. The molecule has 1 aliphatic carbocycles. The predicted molar refractivity (Wildman–Crippen MR) is 72.9 cm³/mol. The summed E-state index contributed by atoms with van der Waals surface area (Å²) in [7, 11) is 0. The van der Waals surface area contributed by atoms with E-state index in [1.807, 2.05) is 13.0 Å². The minimum absolute atomic E-state index is 0.163. The SMILES string of the molecule is Cc1cc(C(=O)N2CCCCC2C2CCC2)ns1. The Morgan fingerprint density at radius 2 is 2.17 bits per heavy atom. The third-order valence-electron chi connectivity index (χ3n) is 4.35. The number of amides is 1. The number of aryl methyl sites for hydroxylation is 1. The molecule has 1 saturated carbocycles. The third kappa shape index (κ3) is 2.18. The standard InChI is InChI=1S/C14H20N2OS/c1-10-9-12(15-18-10)14(17)16-8-3-2-7-13(16)11-5-4-6-11/h9,11,13H,2-8H2,1H3. The molecule has 0 radical (unpaired) electrons. The zero-order valence-electron chi connectivity index (χ0n) is 10.9. The van der Waals surface area contributed by atoms with Crippen LogP contribution < -0.4 is 0 Å². The number of likely N-dealkylation sites (tertiary alicyclic amines) is 1. The van der Waals surface area contributed by atoms with E-state index in [-0.39, 0.29) is 5.91 Å². The van der Waals surface area contributed by atoms with Crippen LogP contribution in [0.2, 0.25) is 0 Å². The Balaban J connectivity index is 1.77. The highest BCUT2D eigenvalue weighted by Crippen LogP contribution is 2.37. The maximum absolute atomic E-state index is 12.5. The highest BCUT2D eigenvalue weighted by molar-refractivity contribution is 7.05. The van der Waals surface area contributed by atoms with Gasteiger partial charge in [-0.05, 0) is 62.5 Å². The van der Waals surface area contributed by atoms with Crippen LogP contribution in [0.5, 0.6) is 0 Å². The summed E-state index contributed by atoms with van der Waals surface area (Å²) in [5.41, 5.74) is 0.656. The number of hydrogen-bond donors (Lipinski definition) is 0. The fourth-order valence-electron chi connectivity index (χ4n) is 3.14. The lowest BCUT2D eigenvalue weighted by atomic mass is 9.76. The van der Waals surface area contributed by atoms with Crippen molar-refractivity contribution < 1.29 is 4.79 Å². The Morgan fingerprint density at radius 3 is 2.78 bits per heavy atom. The van der Waals surface area contributed by atoms with Crippen LogP contribution in [0, 0.1) is 12.8 Å². The van der Waals surface area contributed by atoms with Crippen molar-refractivity contribution >= 4 is 17.4 Å². The largest absolute Gasteiger partial charge is 0.334 e. The van der Waals surface area contributed by atoms with Gasteiger partial charge in [-0.1, -0.05) is 6.42 Å². The van der Waals surface area contributed by atoms with E-state index in [0.717, 1.165) is 23.8 Å². The van der Waals surface area contributed by atoms with Crippen molar-refractivity contribution in [2.75, 3.05) is 6.54 Å². The summed E-state index contributed by atoms with van der Waals surface area (Å²) in [4.78, 5) is 15.8. The average molecular weight is 264 g/mol. The molecular weight excluding hydrogens is 244 g/mol. The van der Waals surface area contributed by atoms with Gasteiger partial charge in [-0.3, -0.25) is 4.79 Å². The smallest absolute Gasteiger partial charge is 0.273 e. The zero-order chi connectivity index (χ0) is 12.5. The molecule has 0 N–H and O–H groups in total. The number of hydrogen-bond acceptors (Lipinski definition) is 3. The summed E-state index contributed by atoms with van der Waals surface area (Å²) < 4.78 is 4.28. The summed E-state index contributed by atoms with van der Waals surface area (Å²) in [5, 5.41) is 0. The van der Waals surface area contributed by atoms with Crippen LogP contribution in [-0.2, 0) is 0 Å². The molecule has 98 valence electrons. The van der Waals surface area contributed by atoms with Crippen molar-refractivity contribution in [3.8, 4) is 0 Å². The lowest BCUT2D eigenvalue weighted by molar-refractivity contribution is 0.0399. The van der Waals surface area contributed by atoms with Crippen molar-refractivity contribution in [1.82, 2.24) is 9.27 Å². The van der Waals surface area contributed by atoms with Gasteiger partial charge in [0.05, 0.1) is 0 Å². The summed E-state index contributed by atoms with van der Waals surface area (Å²) in [6.45, 7) is 2.94. The van der Waals surface area contributed by atoms with Crippen LogP contribution in [-0.4, -0.2) is 27.8 Å². The molecule has 0 spiro atoms. The van der Waals surface area contributed by atoms with Crippen LogP contribution in [0.15, 0.2) is 6.07 Å². The first kappa shape index (κ1) is 12.2. The second-order valence-electron chi connectivity index (χ2n) is 5.58. The first-order valence-corrected chi connectivity index (χ1v) is 7.77. The highest BCUT2D eigenvalue weighted by atomic mass is 32.1. The molecule has 1 atom stereocenters. The van der Waals surface area contributed by atoms with Crippen molar-refractivity contribution in [2.45, 2.75) is 51.5 Å². The fourth-order valence-corrected chi connectivity index (χ4v) is 3.68. The van der Waals surface area contributed by atoms with Crippen molar-refractivity contribution in [2.24, 2.45) is 5.92 Å². The first-order chi connectivity index (χ1) is 8.75. The molecule has 2 heterocycles. The molecule has 1 unspecified atom stereocenters. The van der Waals surface area contributed by atoms with Gasteiger partial charge in [0.2, 0.25) is 0 Å². The summed E-state index contributed by atoms with van der Waals surface area (Å²) in [5.74, 6) is 0.921. The molecular formula is C14H20N2OS. The fraction of sp³-hybridized carbons (Fsp3) is 0.714. The van der Waals surface area contributed by atoms with E-state index in [1.54, 1.807) is 0 Å². The molecule has 0 aromatic carbocycles. The number of rotatable bonds is 2. The number of aromatic nitrogens is 1. The van der Waals surface area contributed by atoms with Crippen LogP contribution in [0.25, 0.3) is 0 Å². The molecule has 18 heavy (non-hydrogen) atoms. The lowest BCUT2D eigenvalue weighted by Crippen LogP contribution is -2.49. The summed E-state index contributed by atoms with van der Waals surface area (Å²) in [6, 6.07) is 2.42. The summed E-state index contributed by atoms with van der Waals surface area (Å²) in [6.07, 6.45) is 7.59. The Kier molecular flexibility index (Phi) is 3.37. The van der Waals surface area contributed by atoms with E-state index in [9.17, 15) is 4.79 Å². The Hall–Kier alpha value is -0.900. The predicted octanol–water partition coefficient (Wildman–Crippen LogP) is 3.25. The molecule has 3 rings (SSSR count). The van der Waals surface area contributed by atoms with Crippen molar-refractivity contribution in [3.05, 3.63) is 16.6 Å². The quantitative estimate of drug-likeness (QED) is 0.821. The van der Waals surface area contributed by atoms with Crippen molar-refractivity contribution in [1.29, 1.82) is 0 Å². The van der Waals surface area contributed by atoms with Crippen LogP contribution in [0.4, 0.5) is 0 Å². The maximum atomic E-state index is 12.5. The Labute approximate surface area is 112 Å². The normalized spacial score (nSPS) is 24.9. The minimum Gasteiger partial charge on any atom is -0.334 e. The van der Waals surface area contributed by atoms with Crippen LogP contribution >= 0.6 is 11.5 Å². The molecule has 1 saturated heterocycles. The second kappa shape index (κ2) is 5.00. The minimum atomic E-state index is 0.163. The molecule has 3 nitrogen and oxygen atoms in total. The molecule has 1 aliphatic heterocycles. The van der Waals surface area contributed by atoms with Gasteiger partial charge in [0.25, 0.3) is 5.91 Å². The van der Waals surface area contributed by atoms with E-state index >= 15 is 0 Å². The topological polar surface area (TPSA) is 33.2 Å². The van der Waals surface area contributed by atoms with Gasteiger partial charge >= 0.3 is 0 Å². The lowest BCUT2D eigenvalue weighted by Gasteiger charge is -2.43. The zero-order valence-corrected chi connectivity index (χ0v) is 11.7. The van der Waals surface area contributed by atoms with Gasteiger partial charge in [0.15, 0.2) is 0 Å². The number of piperidine rings is 1. The maximum Gasteiger partial charge on any atom is 0.273 e. The molecule has 1 aromatic rings. The van der Waals surface area contributed by atoms with Crippen LogP contribution in [0.1, 0.15) is 53.9 Å². The van der Waals surface area contributed by atoms with Gasteiger partial charge in [-0.2, -0.15) is 4.37 Å². The number of carbonyl (C=O) groups excluding carboxylic acids is 1. The monoisotopic (exact) mass is 264 g/mol. The third-order valence-corrected chi connectivity index (χ3v) is 5.04. The Morgan fingerprint density at radius 1 is 1.33 bits per heavy atom. The van der Waals surface area contributed by atoms with Crippen molar-refractivity contribution in [3.63, 3.8) is 0 Å². The van der Waals surface area contributed by atoms with Gasteiger partial charge < -0.3 is 4.90 Å². The van der Waals surface area contributed by atoms with E-state index in [1.165, 1.54) is 43.6 Å². The van der Waals surface area contributed by atoms with Gasteiger partial charge in [-0.25, -0.2) is 0 Å².